The van der Waals surface area contributed by atoms with Crippen LogP contribution in [0.4, 0.5) is 11.4 Å². The molecule has 1 aliphatic heterocycles. The number of nitro benzene ring substituents is 1. The first-order valence-electron chi connectivity index (χ1n) is 12.5. The van der Waals surface area contributed by atoms with Crippen molar-refractivity contribution in [2.75, 3.05) is 26.2 Å². The summed E-state index contributed by atoms with van der Waals surface area (Å²) in [5.41, 5.74) is 5.13. The zero-order chi connectivity index (χ0) is 28.6. The standard InChI is InChI=1S/C29H29N5O5S/c1-17-14-21(18(2)32(17)23-11-9-19(34(35)36)15-25(23)38-4)28-27(22-8-6-7-13-30-22)31-29(40)33(28)24-12-10-20(37-3)16-26(24)39-5/h6-16,27-28H,1-5H3,(H,31,40)/t27-,28+/m0/s1. The third kappa shape index (κ3) is 4.58. The molecule has 1 saturated heterocycles. The molecule has 4 aromatic rings. The Morgan fingerprint density at radius 2 is 1.68 bits per heavy atom. The molecule has 1 N–H and O–H groups in total. The minimum absolute atomic E-state index is 0.0402. The molecule has 1 aliphatic rings. The van der Waals surface area contributed by atoms with E-state index in [-0.39, 0.29) is 17.8 Å². The highest BCUT2D eigenvalue weighted by molar-refractivity contribution is 7.80. The highest BCUT2D eigenvalue weighted by atomic mass is 32.1. The molecule has 1 fully saturated rings. The first-order chi connectivity index (χ1) is 19.3. The second-order valence-corrected chi connectivity index (χ2v) is 9.70. The number of benzene rings is 2. The van der Waals surface area contributed by atoms with Gasteiger partial charge in [0.1, 0.15) is 17.2 Å². The number of hydrogen-bond donors (Lipinski definition) is 1. The van der Waals surface area contributed by atoms with Gasteiger partial charge in [0.2, 0.25) is 0 Å². The van der Waals surface area contributed by atoms with Crippen LogP contribution < -0.4 is 24.4 Å². The van der Waals surface area contributed by atoms with E-state index in [9.17, 15) is 10.1 Å². The normalized spacial score (nSPS) is 16.5. The summed E-state index contributed by atoms with van der Waals surface area (Å²) in [5, 5.41) is 15.4. The van der Waals surface area contributed by atoms with Crippen LogP contribution in [0.1, 0.15) is 34.7 Å². The monoisotopic (exact) mass is 559 g/mol. The number of methoxy groups -OCH3 is 3. The topological polar surface area (TPSA) is 104 Å². The van der Waals surface area contributed by atoms with Crippen molar-refractivity contribution in [3.8, 4) is 22.9 Å². The molecule has 2 atom stereocenters. The molecule has 10 nitrogen and oxygen atoms in total. The summed E-state index contributed by atoms with van der Waals surface area (Å²) < 4.78 is 18.8. The molecule has 11 heteroatoms. The lowest BCUT2D eigenvalue weighted by Gasteiger charge is -2.29. The fraction of sp³-hybridized carbons (Fsp3) is 0.241. The van der Waals surface area contributed by atoms with Gasteiger partial charge in [0, 0.05) is 29.7 Å². The molecule has 0 aliphatic carbocycles. The van der Waals surface area contributed by atoms with Crippen LogP contribution in [-0.2, 0) is 0 Å². The average Bonchev–Trinajstić information content (AvgIpc) is 3.46. The second-order valence-electron chi connectivity index (χ2n) is 9.31. The van der Waals surface area contributed by atoms with E-state index >= 15 is 0 Å². The van der Waals surface area contributed by atoms with Gasteiger partial charge < -0.3 is 29.0 Å². The zero-order valence-electron chi connectivity index (χ0n) is 22.7. The van der Waals surface area contributed by atoms with Gasteiger partial charge in [-0.2, -0.15) is 0 Å². The molecule has 0 unspecified atom stereocenters. The van der Waals surface area contributed by atoms with E-state index in [1.165, 1.54) is 19.2 Å². The van der Waals surface area contributed by atoms with Gasteiger partial charge in [0.15, 0.2) is 5.11 Å². The quantitative estimate of drug-likeness (QED) is 0.168. The van der Waals surface area contributed by atoms with E-state index in [2.05, 4.69) is 16.4 Å². The van der Waals surface area contributed by atoms with Gasteiger partial charge in [-0.1, -0.05) is 6.07 Å². The minimum atomic E-state index is -0.435. The maximum absolute atomic E-state index is 11.4. The lowest BCUT2D eigenvalue weighted by atomic mass is 9.96. The molecule has 0 bridgehead atoms. The lowest BCUT2D eigenvalue weighted by molar-refractivity contribution is -0.384. The number of ether oxygens (including phenoxy) is 3. The minimum Gasteiger partial charge on any atom is -0.497 e. The molecule has 0 saturated carbocycles. The third-order valence-corrected chi connectivity index (χ3v) is 7.46. The van der Waals surface area contributed by atoms with E-state index in [0.29, 0.717) is 28.0 Å². The number of pyridine rings is 1. The highest BCUT2D eigenvalue weighted by Crippen LogP contribution is 2.47. The Morgan fingerprint density at radius 1 is 0.950 bits per heavy atom. The van der Waals surface area contributed by atoms with Gasteiger partial charge in [-0.15, -0.1) is 0 Å². The van der Waals surface area contributed by atoms with Crippen molar-refractivity contribution in [3.05, 3.63) is 99.6 Å². The summed E-state index contributed by atoms with van der Waals surface area (Å²) in [6.45, 7) is 4.01. The number of rotatable bonds is 8. The maximum atomic E-state index is 11.4. The summed E-state index contributed by atoms with van der Waals surface area (Å²) in [4.78, 5) is 17.7. The van der Waals surface area contributed by atoms with Gasteiger partial charge in [0.05, 0.1) is 61.5 Å². The molecule has 0 radical (unpaired) electrons. The zero-order valence-corrected chi connectivity index (χ0v) is 23.6. The smallest absolute Gasteiger partial charge is 0.273 e. The SMILES string of the molecule is COc1ccc(N2C(=S)N[C@@H](c3ccccn3)[C@H]2c2cc(C)n(-c3ccc([N+](=O)[O-])cc3OC)c2C)c(OC)c1. The van der Waals surface area contributed by atoms with Gasteiger partial charge in [-0.05, 0) is 68.0 Å². The molecule has 40 heavy (non-hydrogen) atoms. The predicted molar refractivity (Wildman–Crippen MR) is 156 cm³/mol. The third-order valence-electron chi connectivity index (χ3n) is 7.15. The van der Waals surface area contributed by atoms with Crippen molar-refractivity contribution in [2.24, 2.45) is 0 Å². The first-order valence-corrected chi connectivity index (χ1v) is 12.9. The van der Waals surface area contributed by atoms with Crippen LogP contribution in [-0.4, -0.2) is 40.9 Å². The van der Waals surface area contributed by atoms with Crippen LogP contribution in [0, 0.1) is 24.0 Å². The van der Waals surface area contributed by atoms with Crippen molar-refractivity contribution >= 4 is 28.7 Å². The fourth-order valence-electron chi connectivity index (χ4n) is 5.34. The van der Waals surface area contributed by atoms with Gasteiger partial charge in [0.25, 0.3) is 5.69 Å². The van der Waals surface area contributed by atoms with Crippen molar-refractivity contribution in [2.45, 2.75) is 25.9 Å². The number of anilines is 1. The molecule has 3 heterocycles. The van der Waals surface area contributed by atoms with Crippen LogP contribution in [0.5, 0.6) is 17.2 Å². The molecule has 0 spiro atoms. The molecule has 5 rings (SSSR count). The Morgan fingerprint density at radius 3 is 2.33 bits per heavy atom. The van der Waals surface area contributed by atoms with Crippen molar-refractivity contribution in [1.82, 2.24) is 14.9 Å². The Labute approximate surface area is 237 Å². The Hall–Kier alpha value is -4.64. The van der Waals surface area contributed by atoms with Crippen molar-refractivity contribution in [3.63, 3.8) is 0 Å². The summed E-state index contributed by atoms with van der Waals surface area (Å²) in [6, 6.07) is 17.6. The lowest BCUT2D eigenvalue weighted by Crippen LogP contribution is -2.30. The molecule has 0 amide bonds. The van der Waals surface area contributed by atoms with Crippen LogP contribution >= 0.6 is 12.2 Å². The van der Waals surface area contributed by atoms with E-state index < -0.39 is 4.92 Å². The van der Waals surface area contributed by atoms with Gasteiger partial charge in [-0.3, -0.25) is 15.1 Å². The van der Waals surface area contributed by atoms with Crippen molar-refractivity contribution < 1.29 is 19.1 Å². The summed E-state index contributed by atoms with van der Waals surface area (Å²) in [5.74, 6) is 1.68. The van der Waals surface area contributed by atoms with Crippen LogP contribution in [0.15, 0.2) is 66.9 Å². The van der Waals surface area contributed by atoms with E-state index in [4.69, 9.17) is 26.4 Å². The summed E-state index contributed by atoms with van der Waals surface area (Å²) in [6.07, 6.45) is 1.76. The number of hydrogen-bond acceptors (Lipinski definition) is 7. The number of aromatic nitrogens is 2. The van der Waals surface area contributed by atoms with Gasteiger partial charge in [-0.25, -0.2) is 0 Å². The van der Waals surface area contributed by atoms with Crippen LogP contribution in [0.3, 0.4) is 0 Å². The number of aryl methyl sites for hydroxylation is 1. The van der Waals surface area contributed by atoms with Crippen molar-refractivity contribution in [1.29, 1.82) is 0 Å². The molecule has 206 valence electrons. The fourth-order valence-corrected chi connectivity index (χ4v) is 5.68. The average molecular weight is 560 g/mol. The Bertz CT molecular complexity index is 1590. The van der Waals surface area contributed by atoms with Crippen LogP contribution in [0.25, 0.3) is 5.69 Å². The first kappa shape index (κ1) is 26.9. The summed E-state index contributed by atoms with van der Waals surface area (Å²) >= 11 is 5.91. The summed E-state index contributed by atoms with van der Waals surface area (Å²) in [7, 11) is 4.73. The Balaban J connectivity index is 1.70. The van der Waals surface area contributed by atoms with Crippen LogP contribution in [0.2, 0.25) is 0 Å². The molecular formula is C29H29N5O5S. The Kier molecular flexibility index (Phi) is 7.31. The van der Waals surface area contributed by atoms with Gasteiger partial charge >= 0.3 is 0 Å². The highest BCUT2D eigenvalue weighted by Gasteiger charge is 2.43. The number of thiocarbonyl (C=S) groups is 1. The van der Waals surface area contributed by atoms with E-state index in [1.54, 1.807) is 26.5 Å². The second kappa shape index (κ2) is 10.9. The largest absolute Gasteiger partial charge is 0.497 e. The molecular weight excluding hydrogens is 530 g/mol. The number of nitrogens with zero attached hydrogens (tertiary/aromatic N) is 4. The van der Waals surface area contributed by atoms with E-state index in [0.717, 1.165) is 28.3 Å². The predicted octanol–water partition coefficient (Wildman–Crippen LogP) is 5.60. The number of nitro groups is 1. The maximum Gasteiger partial charge on any atom is 0.273 e. The molecule has 2 aromatic heterocycles. The van der Waals surface area contributed by atoms with E-state index in [1.807, 2.05) is 59.7 Å². The number of nitrogens with one attached hydrogen (secondary N) is 1. The number of non-ortho nitro benzene ring substituents is 1. The molecule has 2 aromatic carbocycles.